The van der Waals surface area contributed by atoms with Crippen molar-refractivity contribution in [2.45, 2.75) is 63.5 Å². The maximum atomic E-state index is 5.81. The first kappa shape index (κ1) is 11.8. The summed E-state index contributed by atoms with van der Waals surface area (Å²) >= 11 is 0. The van der Waals surface area contributed by atoms with Crippen molar-refractivity contribution in [3.05, 3.63) is 5.82 Å². The minimum absolute atomic E-state index is 0.0819. The fourth-order valence-electron chi connectivity index (χ4n) is 5.17. The summed E-state index contributed by atoms with van der Waals surface area (Å²) in [6.45, 7) is 2.65. The van der Waals surface area contributed by atoms with Crippen molar-refractivity contribution in [2.75, 3.05) is 0 Å². The Hall–Kier alpha value is -0.970. The first-order chi connectivity index (χ1) is 9.13. The summed E-state index contributed by atoms with van der Waals surface area (Å²) in [6.07, 6.45) is 8.24. The molecule has 1 heterocycles. The lowest BCUT2D eigenvalue weighted by Gasteiger charge is -2.55. The molecular formula is C14H23N5. The molecule has 4 bridgehead atoms. The van der Waals surface area contributed by atoms with E-state index in [2.05, 4.69) is 15.4 Å². The van der Waals surface area contributed by atoms with E-state index in [1.807, 2.05) is 6.92 Å². The molecule has 5 rings (SSSR count). The van der Waals surface area contributed by atoms with Crippen LogP contribution in [0.3, 0.4) is 0 Å². The highest BCUT2D eigenvalue weighted by Gasteiger charge is 2.53. The molecule has 19 heavy (non-hydrogen) atoms. The highest BCUT2D eigenvalue weighted by Crippen LogP contribution is 2.59. The third kappa shape index (κ3) is 1.90. The van der Waals surface area contributed by atoms with E-state index in [9.17, 15) is 0 Å². The van der Waals surface area contributed by atoms with Crippen molar-refractivity contribution in [3.63, 3.8) is 0 Å². The molecule has 4 fully saturated rings. The average Bonchev–Trinajstić information content (AvgIpc) is 2.75. The van der Waals surface area contributed by atoms with Gasteiger partial charge in [-0.25, -0.2) is 0 Å². The lowest BCUT2D eigenvalue weighted by molar-refractivity contribution is -0.00954. The predicted octanol–water partition coefficient (Wildman–Crippen LogP) is 1.49. The predicted molar refractivity (Wildman–Crippen MR) is 71.3 cm³/mol. The second-order valence-electron chi connectivity index (χ2n) is 7.34. The number of tetrazole rings is 1. The maximum Gasteiger partial charge on any atom is 0.180 e. The van der Waals surface area contributed by atoms with Crippen LogP contribution in [0.15, 0.2) is 0 Å². The minimum atomic E-state index is 0.0819. The second-order valence-corrected chi connectivity index (χ2v) is 7.34. The Bertz CT molecular complexity index is 443. The van der Waals surface area contributed by atoms with Crippen molar-refractivity contribution >= 4 is 0 Å². The Labute approximate surface area is 113 Å². The van der Waals surface area contributed by atoms with E-state index in [0.29, 0.717) is 6.54 Å². The molecule has 1 unspecified atom stereocenters. The molecule has 104 valence electrons. The fourth-order valence-corrected chi connectivity index (χ4v) is 5.17. The molecule has 0 radical (unpaired) electrons. The second kappa shape index (κ2) is 4.01. The molecular weight excluding hydrogens is 238 g/mol. The van der Waals surface area contributed by atoms with Crippen molar-refractivity contribution in [1.82, 2.24) is 20.2 Å². The zero-order valence-corrected chi connectivity index (χ0v) is 11.6. The molecule has 0 aliphatic heterocycles. The van der Waals surface area contributed by atoms with Crippen molar-refractivity contribution in [2.24, 2.45) is 23.5 Å². The molecule has 4 saturated carbocycles. The van der Waals surface area contributed by atoms with Crippen LogP contribution in [0.25, 0.3) is 0 Å². The van der Waals surface area contributed by atoms with E-state index in [1.54, 1.807) is 4.80 Å². The van der Waals surface area contributed by atoms with Crippen LogP contribution in [0.5, 0.6) is 0 Å². The Balaban J connectivity index is 1.62. The lowest BCUT2D eigenvalue weighted by Crippen LogP contribution is -2.49. The molecule has 5 heteroatoms. The van der Waals surface area contributed by atoms with E-state index >= 15 is 0 Å². The Kier molecular flexibility index (Phi) is 2.50. The summed E-state index contributed by atoms with van der Waals surface area (Å²) in [5.74, 6) is 3.78. The van der Waals surface area contributed by atoms with Crippen LogP contribution in [-0.4, -0.2) is 26.2 Å². The van der Waals surface area contributed by atoms with Gasteiger partial charge in [0, 0.05) is 11.5 Å². The van der Waals surface area contributed by atoms with Crippen LogP contribution < -0.4 is 5.73 Å². The summed E-state index contributed by atoms with van der Waals surface area (Å²) in [5, 5.41) is 13.2. The molecule has 2 N–H and O–H groups in total. The molecule has 1 aromatic heterocycles. The van der Waals surface area contributed by atoms with Gasteiger partial charge in [0.25, 0.3) is 0 Å². The largest absolute Gasteiger partial charge is 0.326 e. The third-order valence-electron chi connectivity index (χ3n) is 5.42. The molecule has 4 aliphatic rings. The first-order valence-corrected chi connectivity index (χ1v) is 7.67. The summed E-state index contributed by atoms with van der Waals surface area (Å²) in [6, 6.07) is 0.0819. The Morgan fingerprint density at radius 1 is 1.21 bits per heavy atom. The summed E-state index contributed by atoms with van der Waals surface area (Å²) in [4.78, 5) is 1.69. The smallest absolute Gasteiger partial charge is 0.180 e. The van der Waals surface area contributed by atoms with Crippen molar-refractivity contribution < 1.29 is 0 Å². The summed E-state index contributed by atoms with van der Waals surface area (Å²) < 4.78 is 0. The highest BCUT2D eigenvalue weighted by atomic mass is 15.6. The van der Waals surface area contributed by atoms with E-state index < -0.39 is 0 Å². The van der Waals surface area contributed by atoms with Gasteiger partial charge in [0.15, 0.2) is 5.82 Å². The topological polar surface area (TPSA) is 69.6 Å². The van der Waals surface area contributed by atoms with E-state index in [-0.39, 0.29) is 11.5 Å². The van der Waals surface area contributed by atoms with Gasteiger partial charge in [-0.1, -0.05) is 0 Å². The lowest BCUT2D eigenvalue weighted by atomic mass is 9.49. The quantitative estimate of drug-likeness (QED) is 0.895. The van der Waals surface area contributed by atoms with Gasteiger partial charge in [0.2, 0.25) is 0 Å². The monoisotopic (exact) mass is 261 g/mol. The molecule has 0 amide bonds. The summed E-state index contributed by atoms with van der Waals surface area (Å²) in [5.41, 5.74) is 6.07. The van der Waals surface area contributed by atoms with Crippen LogP contribution in [0.1, 0.15) is 51.3 Å². The van der Waals surface area contributed by atoms with Crippen LogP contribution in [-0.2, 0) is 12.0 Å². The number of nitrogens with two attached hydrogens (primary N) is 1. The molecule has 4 aliphatic carbocycles. The molecule has 0 saturated heterocycles. The average molecular weight is 261 g/mol. The van der Waals surface area contributed by atoms with E-state index in [0.717, 1.165) is 23.6 Å². The maximum absolute atomic E-state index is 5.81. The Morgan fingerprint density at radius 3 is 2.32 bits per heavy atom. The standard InChI is InChI=1S/C14H23N5/c1-9(15)8-19-17-13(16-18-19)14-5-10-2-11(6-14)4-12(3-10)7-14/h9-12H,2-8,15H2,1H3. The third-order valence-corrected chi connectivity index (χ3v) is 5.42. The van der Waals surface area contributed by atoms with Gasteiger partial charge < -0.3 is 5.73 Å². The van der Waals surface area contributed by atoms with Crippen LogP contribution in [0, 0.1) is 17.8 Å². The first-order valence-electron chi connectivity index (χ1n) is 7.67. The van der Waals surface area contributed by atoms with Gasteiger partial charge in [0.05, 0.1) is 6.54 Å². The SMILES string of the molecule is CC(N)Cn1nnc(C23CC4CC(CC(C4)C2)C3)n1. The fraction of sp³-hybridized carbons (Fsp3) is 0.929. The molecule has 5 nitrogen and oxygen atoms in total. The van der Waals surface area contributed by atoms with Gasteiger partial charge in [-0.05, 0) is 68.4 Å². The van der Waals surface area contributed by atoms with Gasteiger partial charge in [-0.2, -0.15) is 4.80 Å². The van der Waals surface area contributed by atoms with Gasteiger partial charge in [-0.15, -0.1) is 10.2 Å². The van der Waals surface area contributed by atoms with Crippen LogP contribution in [0.4, 0.5) is 0 Å². The molecule has 1 aromatic rings. The number of hydrogen-bond acceptors (Lipinski definition) is 4. The van der Waals surface area contributed by atoms with Crippen molar-refractivity contribution in [3.8, 4) is 0 Å². The Morgan fingerprint density at radius 2 is 1.79 bits per heavy atom. The zero-order valence-electron chi connectivity index (χ0n) is 11.6. The normalized spacial score (nSPS) is 41.7. The van der Waals surface area contributed by atoms with Gasteiger partial charge in [-0.3, -0.25) is 0 Å². The minimum Gasteiger partial charge on any atom is -0.326 e. The van der Waals surface area contributed by atoms with Crippen LogP contribution >= 0.6 is 0 Å². The molecule has 0 spiro atoms. The van der Waals surface area contributed by atoms with Crippen molar-refractivity contribution in [1.29, 1.82) is 0 Å². The number of rotatable bonds is 3. The van der Waals surface area contributed by atoms with E-state index in [1.165, 1.54) is 38.5 Å². The van der Waals surface area contributed by atoms with Gasteiger partial charge >= 0.3 is 0 Å². The summed E-state index contributed by atoms with van der Waals surface area (Å²) in [7, 11) is 0. The van der Waals surface area contributed by atoms with Gasteiger partial charge in [0.1, 0.15) is 0 Å². The number of nitrogens with zero attached hydrogens (tertiary/aromatic N) is 4. The number of hydrogen-bond donors (Lipinski definition) is 1. The zero-order chi connectivity index (χ0) is 13.0. The van der Waals surface area contributed by atoms with Crippen LogP contribution in [0.2, 0.25) is 0 Å². The molecule has 1 atom stereocenters. The number of aromatic nitrogens is 4. The van der Waals surface area contributed by atoms with E-state index in [4.69, 9.17) is 5.73 Å². The molecule has 0 aromatic carbocycles. The highest BCUT2D eigenvalue weighted by molar-refractivity contribution is 5.15.